The van der Waals surface area contributed by atoms with E-state index in [1.165, 1.54) is 29.2 Å². The summed E-state index contributed by atoms with van der Waals surface area (Å²) in [7, 11) is 1.79. The summed E-state index contributed by atoms with van der Waals surface area (Å²) in [5.41, 5.74) is 6.78. The third kappa shape index (κ3) is 3.74. The number of nitrogens with zero attached hydrogens (tertiary/aromatic N) is 4. The molecule has 0 aliphatic carbocycles. The second-order valence-corrected chi connectivity index (χ2v) is 5.42. The lowest BCUT2D eigenvalue weighted by Crippen LogP contribution is -2.29. The van der Waals surface area contributed by atoms with Gasteiger partial charge >= 0.3 is 6.03 Å². The molecule has 25 heavy (non-hydrogen) atoms. The first-order valence-electron chi connectivity index (χ1n) is 7.39. The van der Waals surface area contributed by atoms with E-state index in [1.807, 2.05) is 0 Å². The Bertz CT molecular complexity index is 947. The van der Waals surface area contributed by atoms with Gasteiger partial charge in [0, 0.05) is 19.3 Å². The molecule has 0 bridgehead atoms. The molecule has 0 radical (unpaired) electrons. The molecule has 0 fully saturated rings. The fourth-order valence-electron chi connectivity index (χ4n) is 2.39. The van der Waals surface area contributed by atoms with Gasteiger partial charge in [0.05, 0.1) is 29.5 Å². The van der Waals surface area contributed by atoms with E-state index in [2.05, 4.69) is 20.7 Å². The predicted molar refractivity (Wildman–Crippen MR) is 88.0 cm³/mol. The van der Waals surface area contributed by atoms with Crippen LogP contribution in [0.25, 0.3) is 11.0 Å². The number of fused-ring (bicyclic) bond motifs is 1. The smallest absolute Gasteiger partial charge is 0.319 e. The topological polar surface area (TPSA) is 120 Å². The number of carbonyl (C=O) groups excluding carboxylic acids is 2. The summed E-state index contributed by atoms with van der Waals surface area (Å²) in [5, 5.41) is 9.14. The molecule has 0 atom stereocenters. The zero-order valence-corrected chi connectivity index (χ0v) is 13.4. The number of amides is 3. The van der Waals surface area contributed by atoms with Crippen molar-refractivity contribution in [2.45, 2.75) is 13.1 Å². The van der Waals surface area contributed by atoms with Gasteiger partial charge in [-0.05, 0) is 12.1 Å². The van der Waals surface area contributed by atoms with Crippen LogP contribution in [0.3, 0.4) is 0 Å². The average Bonchev–Trinajstić information content (AvgIpc) is 3.09. The highest BCUT2D eigenvalue weighted by Crippen LogP contribution is 2.16. The van der Waals surface area contributed by atoms with Crippen molar-refractivity contribution in [2.24, 2.45) is 12.8 Å². The van der Waals surface area contributed by atoms with E-state index >= 15 is 0 Å². The number of carbonyl (C=O) groups is 2. The van der Waals surface area contributed by atoms with Crippen LogP contribution >= 0.6 is 0 Å². The minimum atomic E-state index is -0.530. The second-order valence-electron chi connectivity index (χ2n) is 5.42. The maximum Gasteiger partial charge on any atom is 0.319 e. The van der Waals surface area contributed by atoms with Crippen LogP contribution in [0.1, 0.15) is 5.82 Å². The lowest BCUT2D eigenvalue weighted by molar-refractivity contribution is -0.118. The molecule has 0 saturated carbocycles. The molecule has 3 rings (SSSR count). The molecule has 2 heterocycles. The Kier molecular flexibility index (Phi) is 4.33. The van der Waals surface area contributed by atoms with Crippen LogP contribution < -0.4 is 16.4 Å². The lowest BCUT2D eigenvalue weighted by Gasteiger charge is -2.06. The molecule has 9 nitrogen and oxygen atoms in total. The minimum Gasteiger partial charge on any atom is -0.368 e. The highest BCUT2D eigenvalue weighted by molar-refractivity contribution is 5.89. The summed E-state index contributed by atoms with van der Waals surface area (Å²) >= 11 is 0. The number of hydrogen-bond donors (Lipinski definition) is 3. The van der Waals surface area contributed by atoms with Gasteiger partial charge in [0.15, 0.2) is 0 Å². The molecule has 10 heteroatoms. The number of imidazole rings is 1. The summed E-state index contributed by atoms with van der Waals surface area (Å²) in [6.07, 6.45) is 2.89. The van der Waals surface area contributed by atoms with Crippen LogP contribution in [0, 0.1) is 5.82 Å². The minimum absolute atomic E-state index is 0.0697. The maximum absolute atomic E-state index is 13.2. The summed E-state index contributed by atoms with van der Waals surface area (Å²) in [4.78, 5) is 27.1. The number of anilines is 1. The summed E-state index contributed by atoms with van der Waals surface area (Å²) in [6, 6.07) is 3.87. The molecule has 1 aromatic carbocycles. The first kappa shape index (κ1) is 16.4. The fraction of sp³-hybridized carbons (Fsp3) is 0.200. The van der Waals surface area contributed by atoms with Gasteiger partial charge in [-0.1, -0.05) is 0 Å². The third-order valence-electron chi connectivity index (χ3n) is 3.55. The van der Waals surface area contributed by atoms with Crippen LogP contribution in [0.5, 0.6) is 0 Å². The number of nitrogens with one attached hydrogen (secondary N) is 2. The van der Waals surface area contributed by atoms with Gasteiger partial charge in [0.25, 0.3) is 0 Å². The number of primary amides is 1. The molecule has 2 aromatic heterocycles. The van der Waals surface area contributed by atoms with Gasteiger partial charge in [0.2, 0.25) is 5.91 Å². The van der Waals surface area contributed by atoms with Crippen LogP contribution in [0.4, 0.5) is 14.9 Å². The van der Waals surface area contributed by atoms with E-state index in [4.69, 9.17) is 5.73 Å². The normalized spacial score (nSPS) is 10.8. The molecule has 0 spiro atoms. The van der Waals surface area contributed by atoms with Crippen LogP contribution in [-0.4, -0.2) is 31.3 Å². The predicted octanol–water partition coefficient (Wildman–Crippen LogP) is 0.716. The molecule has 0 aliphatic rings. The summed E-state index contributed by atoms with van der Waals surface area (Å²) in [6.45, 7) is 0.0910. The number of benzene rings is 1. The molecule has 0 saturated heterocycles. The van der Waals surface area contributed by atoms with Gasteiger partial charge in [-0.25, -0.2) is 14.2 Å². The molecule has 3 amide bonds. The van der Waals surface area contributed by atoms with E-state index in [1.54, 1.807) is 17.7 Å². The van der Waals surface area contributed by atoms with Crippen LogP contribution in [0.2, 0.25) is 0 Å². The van der Waals surface area contributed by atoms with Crippen molar-refractivity contribution >= 4 is 28.7 Å². The number of hydrogen-bond acceptors (Lipinski definition) is 4. The second kappa shape index (κ2) is 6.59. The third-order valence-corrected chi connectivity index (χ3v) is 3.55. The molecular weight excluding hydrogens is 329 g/mol. The zero-order chi connectivity index (χ0) is 18.0. The summed E-state index contributed by atoms with van der Waals surface area (Å²) < 4.78 is 16.3. The van der Waals surface area contributed by atoms with Crippen molar-refractivity contribution in [1.82, 2.24) is 24.6 Å². The van der Waals surface area contributed by atoms with Crippen molar-refractivity contribution in [3.05, 3.63) is 42.2 Å². The van der Waals surface area contributed by atoms with E-state index in [-0.39, 0.29) is 18.9 Å². The molecule has 4 N–H and O–H groups in total. The Morgan fingerprint density at radius 3 is 2.92 bits per heavy atom. The molecule has 3 aromatic rings. The van der Waals surface area contributed by atoms with Gasteiger partial charge in [-0.15, -0.1) is 0 Å². The van der Waals surface area contributed by atoms with Gasteiger partial charge in [0.1, 0.15) is 18.2 Å². The number of nitrogens with two attached hydrogens (primary N) is 1. The van der Waals surface area contributed by atoms with Gasteiger partial charge in [-0.2, -0.15) is 5.10 Å². The fourth-order valence-corrected chi connectivity index (χ4v) is 2.39. The van der Waals surface area contributed by atoms with E-state index in [0.29, 0.717) is 17.0 Å². The molecule has 0 unspecified atom stereocenters. The average molecular weight is 345 g/mol. The van der Waals surface area contributed by atoms with Gasteiger partial charge in [-0.3, -0.25) is 9.48 Å². The van der Waals surface area contributed by atoms with E-state index < -0.39 is 11.9 Å². The number of halogens is 1. The van der Waals surface area contributed by atoms with Crippen molar-refractivity contribution in [1.29, 1.82) is 0 Å². The van der Waals surface area contributed by atoms with E-state index in [9.17, 15) is 14.0 Å². The molecular formula is C15H16FN7O2. The Morgan fingerprint density at radius 2 is 2.16 bits per heavy atom. The van der Waals surface area contributed by atoms with Gasteiger partial charge < -0.3 is 20.9 Å². The number of aryl methyl sites for hydroxylation is 1. The summed E-state index contributed by atoms with van der Waals surface area (Å²) in [5.74, 6) is -0.312. The number of urea groups is 1. The van der Waals surface area contributed by atoms with Crippen molar-refractivity contribution < 1.29 is 14.0 Å². The van der Waals surface area contributed by atoms with Crippen molar-refractivity contribution in [3.8, 4) is 0 Å². The monoisotopic (exact) mass is 345 g/mol. The highest BCUT2D eigenvalue weighted by atomic mass is 19.1. The molecule has 0 aliphatic heterocycles. The van der Waals surface area contributed by atoms with E-state index in [0.717, 1.165) is 5.52 Å². The van der Waals surface area contributed by atoms with Crippen molar-refractivity contribution in [3.63, 3.8) is 0 Å². The zero-order valence-electron chi connectivity index (χ0n) is 13.4. The standard InChI is InChI=1S/C15H16FN7O2/c1-22-12-3-2-9(16)4-11(12)21-14(22)6-18-15(25)20-10-5-19-23(7-10)8-13(17)24/h2-5,7H,6,8H2,1H3,(H2,17,24)(H2,18,20,25). The largest absolute Gasteiger partial charge is 0.368 e. The Morgan fingerprint density at radius 1 is 1.36 bits per heavy atom. The Hall–Kier alpha value is -3.43. The first-order chi connectivity index (χ1) is 11.9. The lowest BCUT2D eigenvalue weighted by atomic mass is 10.3. The SMILES string of the molecule is Cn1c(CNC(=O)Nc2cnn(CC(N)=O)c2)nc2cc(F)ccc21. The van der Waals surface area contributed by atoms with Crippen LogP contribution in [0.15, 0.2) is 30.6 Å². The first-order valence-corrected chi connectivity index (χ1v) is 7.39. The highest BCUT2D eigenvalue weighted by Gasteiger charge is 2.10. The quantitative estimate of drug-likeness (QED) is 0.631. The van der Waals surface area contributed by atoms with Crippen LogP contribution in [-0.2, 0) is 24.9 Å². The number of rotatable bonds is 5. The van der Waals surface area contributed by atoms with Crippen molar-refractivity contribution in [2.75, 3.05) is 5.32 Å². The molecule has 130 valence electrons. The Labute approximate surface area is 141 Å². The number of aromatic nitrogens is 4. The maximum atomic E-state index is 13.2. The Balaban J connectivity index is 1.61.